The molecule has 3 N–H and O–H groups in total. The SMILES string of the molecule is CC(C)Oc1cc(NCC2CCCN2C)ccc1N. The van der Waals surface area contributed by atoms with Gasteiger partial charge in [-0.25, -0.2) is 0 Å². The Morgan fingerprint density at radius 3 is 2.89 bits per heavy atom. The van der Waals surface area contributed by atoms with Gasteiger partial charge >= 0.3 is 0 Å². The third-order valence-electron chi connectivity index (χ3n) is 3.59. The summed E-state index contributed by atoms with van der Waals surface area (Å²) in [6, 6.07) is 6.53. The molecule has 0 radical (unpaired) electrons. The Balaban J connectivity index is 1.96. The molecule has 1 fully saturated rings. The molecule has 0 aliphatic carbocycles. The summed E-state index contributed by atoms with van der Waals surface area (Å²) < 4.78 is 5.70. The van der Waals surface area contributed by atoms with Crippen molar-refractivity contribution in [3.05, 3.63) is 18.2 Å². The van der Waals surface area contributed by atoms with Crippen LogP contribution >= 0.6 is 0 Å². The molecule has 1 aliphatic rings. The fourth-order valence-electron chi connectivity index (χ4n) is 2.47. The Morgan fingerprint density at radius 2 is 2.26 bits per heavy atom. The number of nitrogens with zero attached hydrogens (tertiary/aromatic N) is 1. The minimum Gasteiger partial charge on any atom is -0.489 e. The highest BCUT2D eigenvalue weighted by Gasteiger charge is 2.20. The van der Waals surface area contributed by atoms with Gasteiger partial charge in [0.05, 0.1) is 11.8 Å². The van der Waals surface area contributed by atoms with Crippen LogP contribution in [0.4, 0.5) is 11.4 Å². The van der Waals surface area contributed by atoms with Gasteiger partial charge in [0.25, 0.3) is 0 Å². The van der Waals surface area contributed by atoms with E-state index in [4.69, 9.17) is 10.5 Å². The first-order valence-electron chi connectivity index (χ1n) is 7.06. The van der Waals surface area contributed by atoms with Crippen molar-refractivity contribution < 1.29 is 4.74 Å². The maximum Gasteiger partial charge on any atom is 0.144 e. The van der Waals surface area contributed by atoms with Gasteiger partial charge in [-0.05, 0) is 52.4 Å². The van der Waals surface area contributed by atoms with Gasteiger partial charge in [0.15, 0.2) is 0 Å². The molecule has 1 aromatic rings. The highest BCUT2D eigenvalue weighted by atomic mass is 16.5. The number of likely N-dealkylation sites (N-methyl/N-ethyl adjacent to an activating group) is 1. The number of likely N-dealkylation sites (tertiary alicyclic amines) is 1. The second kappa shape index (κ2) is 6.15. The predicted octanol–water partition coefficient (Wildman–Crippen LogP) is 2.56. The van der Waals surface area contributed by atoms with Crippen LogP contribution in [0, 0.1) is 0 Å². The highest BCUT2D eigenvalue weighted by molar-refractivity contribution is 5.61. The highest BCUT2D eigenvalue weighted by Crippen LogP contribution is 2.27. The molecule has 0 spiro atoms. The van der Waals surface area contributed by atoms with Gasteiger partial charge in [-0.15, -0.1) is 0 Å². The van der Waals surface area contributed by atoms with Crippen molar-refractivity contribution in [1.29, 1.82) is 0 Å². The number of nitrogen functional groups attached to an aromatic ring is 1. The molecule has 0 amide bonds. The Labute approximate surface area is 115 Å². The second-order valence-electron chi connectivity index (χ2n) is 5.58. The maximum absolute atomic E-state index is 5.92. The number of rotatable bonds is 5. The molecule has 0 saturated carbocycles. The largest absolute Gasteiger partial charge is 0.489 e. The minimum atomic E-state index is 0.138. The fourth-order valence-corrected chi connectivity index (χ4v) is 2.47. The molecule has 1 heterocycles. The van der Waals surface area contributed by atoms with E-state index in [0.29, 0.717) is 11.7 Å². The van der Waals surface area contributed by atoms with E-state index < -0.39 is 0 Å². The summed E-state index contributed by atoms with van der Waals surface area (Å²) in [6.45, 7) is 6.19. The maximum atomic E-state index is 5.92. The number of hydrogen-bond acceptors (Lipinski definition) is 4. The van der Waals surface area contributed by atoms with E-state index in [1.54, 1.807) is 0 Å². The van der Waals surface area contributed by atoms with Crippen molar-refractivity contribution in [2.45, 2.75) is 38.8 Å². The van der Waals surface area contributed by atoms with Crippen molar-refractivity contribution in [3.8, 4) is 5.75 Å². The van der Waals surface area contributed by atoms with Gasteiger partial charge in [-0.2, -0.15) is 0 Å². The summed E-state index contributed by atoms with van der Waals surface area (Å²) in [7, 11) is 2.19. The van der Waals surface area contributed by atoms with Crippen LogP contribution in [0.5, 0.6) is 5.75 Å². The molecule has 0 bridgehead atoms. The molecule has 1 atom stereocenters. The zero-order valence-corrected chi connectivity index (χ0v) is 12.1. The van der Waals surface area contributed by atoms with Crippen molar-refractivity contribution >= 4 is 11.4 Å². The van der Waals surface area contributed by atoms with E-state index in [0.717, 1.165) is 18.0 Å². The lowest BCUT2D eigenvalue weighted by molar-refractivity contribution is 0.244. The Morgan fingerprint density at radius 1 is 1.47 bits per heavy atom. The van der Waals surface area contributed by atoms with E-state index in [1.165, 1.54) is 19.4 Å². The molecule has 0 aromatic heterocycles. The van der Waals surface area contributed by atoms with Crippen LogP contribution in [0.2, 0.25) is 0 Å². The number of anilines is 2. The Hall–Kier alpha value is -1.42. The Bertz CT molecular complexity index is 420. The van der Waals surface area contributed by atoms with Crippen molar-refractivity contribution in [2.75, 3.05) is 31.2 Å². The predicted molar refractivity (Wildman–Crippen MR) is 80.8 cm³/mol. The molecule has 1 aromatic carbocycles. The van der Waals surface area contributed by atoms with Crippen LogP contribution in [0.3, 0.4) is 0 Å². The molecule has 4 heteroatoms. The first-order chi connectivity index (χ1) is 9.06. The molecule has 106 valence electrons. The first kappa shape index (κ1) is 14.0. The quantitative estimate of drug-likeness (QED) is 0.802. The van der Waals surface area contributed by atoms with Crippen molar-refractivity contribution in [1.82, 2.24) is 4.90 Å². The smallest absolute Gasteiger partial charge is 0.144 e. The number of nitrogens with one attached hydrogen (secondary N) is 1. The number of benzene rings is 1. The lowest BCUT2D eigenvalue weighted by atomic mass is 10.2. The fraction of sp³-hybridized carbons (Fsp3) is 0.600. The summed E-state index contributed by atoms with van der Waals surface area (Å²) in [5.41, 5.74) is 7.68. The first-order valence-corrected chi connectivity index (χ1v) is 7.06. The van der Waals surface area contributed by atoms with Gasteiger partial charge in [-0.3, -0.25) is 0 Å². The second-order valence-corrected chi connectivity index (χ2v) is 5.58. The molecular weight excluding hydrogens is 238 g/mol. The van der Waals surface area contributed by atoms with E-state index in [-0.39, 0.29) is 6.10 Å². The monoisotopic (exact) mass is 263 g/mol. The van der Waals surface area contributed by atoms with E-state index in [2.05, 4.69) is 17.3 Å². The van der Waals surface area contributed by atoms with Gasteiger partial charge in [0.2, 0.25) is 0 Å². The molecule has 1 saturated heterocycles. The average molecular weight is 263 g/mol. The van der Waals surface area contributed by atoms with Crippen LogP contribution in [0.25, 0.3) is 0 Å². The lowest BCUT2D eigenvalue weighted by Gasteiger charge is -2.21. The standard InChI is InChI=1S/C15H25N3O/c1-11(2)19-15-9-12(6-7-14(15)16)17-10-13-5-4-8-18(13)3/h6-7,9,11,13,17H,4-5,8,10,16H2,1-3H3. The molecule has 4 nitrogen and oxygen atoms in total. The summed E-state index contributed by atoms with van der Waals surface area (Å²) in [5, 5.41) is 3.48. The third-order valence-corrected chi connectivity index (χ3v) is 3.59. The van der Waals surface area contributed by atoms with Gasteiger partial charge in [0, 0.05) is 24.3 Å². The van der Waals surface area contributed by atoms with Crippen LogP contribution in [0.15, 0.2) is 18.2 Å². The van der Waals surface area contributed by atoms with Crippen LogP contribution < -0.4 is 15.8 Å². The number of hydrogen-bond donors (Lipinski definition) is 2. The molecular formula is C15H25N3O. The van der Waals surface area contributed by atoms with E-state index in [9.17, 15) is 0 Å². The van der Waals surface area contributed by atoms with Crippen molar-refractivity contribution in [2.24, 2.45) is 0 Å². The molecule has 1 unspecified atom stereocenters. The summed E-state index contributed by atoms with van der Waals surface area (Å²) >= 11 is 0. The summed E-state index contributed by atoms with van der Waals surface area (Å²) in [5.74, 6) is 0.764. The van der Waals surface area contributed by atoms with Crippen molar-refractivity contribution in [3.63, 3.8) is 0 Å². The zero-order valence-electron chi connectivity index (χ0n) is 12.1. The van der Waals surface area contributed by atoms with Gasteiger partial charge in [-0.1, -0.05) is 0 Å². The van der Waals surface area contributed by atoms with E-state index >= 15 is 0 Å². The van der Waals surface area contributed by atoms with E-state index in [1.807, 2.05) is 32.0 Å². The summed E-state index contributed by atoms with van der Waals surface area (Å²) in [4.78, 5) is 2.41. The lowest BCUT2D eigenvalue weighted by Crippen LogP contribution is -2.31. The normalized spacial score (nSPS) is 19.9. The Kier molecular flexibility index (Phi) is 4.53. The molecule has 1 aliphatic heterocycles. The number of ether oxygens (including phenoxy) is 1. The zero-order chi connectivity index (χ0) is 13.8. The topological polar surface area (TPSA) is 50.5 Å². The third kappa shape index (κ3) is 3.77. The molecule has 19 heavy (non-hydrogen) atoms. The number of nitrogens with two attached hydrogens (primary N) is 1. The van der Waals surface area contributed by atoms with Crippen LogP contribution in [0.1, 0.15) is 26.7 Å². The van der Waals surface area contributed by atoms with Crippen LogP contribution in [-0.2, 0) is 0 Å². The molecule has 2 rings (SSSR count). The van der Waals surface area contributed by atoms with Crippen LogP contribution in [-0.4, -0.2) is 37.2 Å². The minimum absolute atomic E-state index is 0.138. The van der Waals surface area contributed by atoms with Gasteiger partial charge in [0.1, 0.15) is 5.75 Å². The average Bonchev–Trinajstić information content (AvgIpc) is 2.75. The summed E-state index contributed by atoms with van der Waals surface area (Å²) in [6.07, 6.45) is 2.71. The van der Waals surface area contributed by atoms with Gasteiger partial charge < -0.3 is 20.7 Å².